The van der Waals surface area contributed by atoms with Crippen LogP contribution in [-0.2, 0) is 11.3 Å². The Kier molecular flexibility index (Phi) is 5.54. The summed E-state index contributed by atoms with van der Waals surface area (Å²) >= 11 is 3.47. The Morgan fingerprint density at radius 1 is 1.09 bits per heavy atom. The molecule has 3 rings (SSSR count). The standard InChI is InChI=1S/C18H20BrNO3/c19-14-6-9-16(23-18-3-1-2-10-21-18)17(11-14)22-15-7-4-13(12-20)5-8-15/h4-9,11,18H,1-3,10,12,20H2. The average Bonchev–Trinajstić information content (AvgIpc) is 2.59. The van der Waals surface area contributed by atoms with Gasteiger partial charge in [-0.2, -0.15) is 0 Å². The van der Waals surface area contributed by atoms with Crippen LogP contribution in [-0.4, -0.2) is 12.9 Å². The lowest BCUT2D eigenvalue weighted by Gasteiger charge is -2.24. The molecule has 2 aromatic rings. The summed E-state index contributed by atoms with van der Waals surface area (Å²) in [4.78, 5) is 0. The van der Waals surface area contributed by atoms with Crippen LogP contribution in [0.4, 0.5) is 0 Å². The molecule has 1 saturated heterocycles. The second-order valence-electron chi connectivity index (χ2n) is 5.46. The summed E-state index contributed by atoms with van der Waals surface area (Å²) in [7, 11) is 0. The summed E-state index contributed by atoms with van der Waals surface area (Å²) in [5.41, 5.74) is 6.69. The van der Waals surface area contributed by atoms with E-state index in [0.717, 1.165) is 41.7 Å². The Bertz CT molecular complexity index is 639. The molecular formula is C18H20BrNO3. The van der Waals surface area contributed by atoms with Crippen molar-refractivity contribution in [3.8, 4) is 17.2 Å². The molecule has 1 unspecified atom stereocenters. The number of rotatable bonds is 5. The second kappa shape index (κ2) is 7.81. The predicted molar refractivity (Wildman–Crippen MR) is 92.8 cm³/mol. The fraction of sp³-hybridized carbons (Fsp3) is 0.333. The third-order valence-corrected chi connectivity index (χ3v) is 4.18. The van der Waals surface area contributed by atoms with Gasteiger partial charge in [-0.15, -0.1) is 0 Å². The smallest absolute Gasteiger partial charge is 0.200 e. The van der Waals surface area contributed by atoms with Gasteiger partial charge in [0.05, 0.1) is 6.61 Å². The molecule has 1 atom stereocenters. The van der Waals surface area contributed by atoms with Crippen LogP contribution in [0, 0.1) is 0 Å². The second-order valence-corrected chi connectivity index (χ2v) is 6.37. The number of benzene rings is 2. The van der Waals surface area contributed by atoms with Gasteiger partial charge in [-0.25, -0.2) is 0 Å². The summed E-state index contributed by atoms with van der Waals surface area (Å²) in [5, 5.41) is 0. The molecule has 0 spiro atoms. The first kappa shape index (κ1) is 16.3. The average molecular weight is 378 g/mol. The lowest BCUT2D eigenvalue weighted by atomic mass is 10.2. The minimum Gasteiger partial charge on any atom is -0.461 e. The van der Waals surface area contributed by atoms with Crippen molar-refractivity contribution < 1.29 is 14.2 Å². The normalized spacial score (nSPS) is 17.7. The maximum absolute atomic E-state index is 5.98. The van der Waals surface area contributed by atoms with Crippen LogP contribution in [0.15, 0.2) is 46.9 Å². The van der Waals surface area contributed by atoms with Crippen molar-refractivity contribution in [2.45, 2.75) is 32.1 Å². The molecule has 122 valence electrons. The molecule has 1 aliphatic heterocycles. The number of halogens is 1. The quantitative estimate of drug-likeness (QED) is 0.826. The fourth-order valence-corrected chi connectivity index (χ4v) is 2.77. The van der Waals surface area contributed by atoms with Crippen LogP contribution in [0.1, 0.15) is 24.8 Å². The van der Waals surface area contributed by atoms with Gasteiger partial charge in [0.1, 0.15) is 5.75 Å². The third kappa shape index (κ3) is 4.47. The zero-order valence-corrected chi connectivity index (χ0v) is 14.4. The van der Waals surface area contributed by atoms with Crippen molar-refractivity contribution in [1.29, 1.82) is 0 Å². The summed E-state index contributed by atoms with van der Waals surface area (Å²) < 4.78 is 18.5. The fourth-order valence-electron chi connectivity index (χ4n) is 2.43. The van der Waals surface area contributed by atoms with Gasteiger partial charge in [0.15, 0.2) is 17.8 Å². The van der Waals surface area contributed by atoms with Crippen LogP contribution >= 0.6 is 15.9 Å². The van der Waals surface area contributed by atoms with Crippen LogP contribution in [0.2, 0.25) is 0 Å². The first-order valence-electron chi connectivity index (χ1n) is 7.79. The Morgan fingerprint density at radius 3 is 2.61 bits per heavy atom. The monoisotopic (exact) mass is 377 g/mol. The molecule has 2 aromatic carbocycles. The van der Waals surface area contributed by atoms with E-state index < -0.39 is 0 Å². The molecular weight excluding hydrogens is 358 g/mol. The Labute approximate surface area is 144 Å². The number of hydrogen-bond acceptors (Lipinski definition) is 4. The van der Waals surface area contributed by atoms with E-state index in [9.17, 15) is 0 Å². The maximum Gasteiger partial charge on any atom is 0.200 e. The van der Waals surface area contributed by atoms with Crippen LogP contribution in [0.25, 0.3) is 0 Å². The van der Waals surface area contributed by atoms with Crippen molar-refractivity contribution in [1.82, 2.24) is 0 Å². The minimum absolute atomic E-state index is 0.202. The third-order valence-electron chi connectivity index (χ3n) is 3.69. The van der Waals surface area contributed by atoms with E-state index in [1.54, 1.807) is 0 Å². The van der Waals surface area contributed by atoms with E-state index in [-0.39, 0.29) is 6.29 Å². The van der Waals surface area contributed by atoms with Gasteiger partial charge in [0, 0.05) is 17.4 Å². The highest BCUT2D eigenvalue weighted by molar-refractivity contribution is 9.10. The summed E-state index contributed by atoms with van der Waals surface area (Å²) in [6.45, 7) is 1.27. The maximum atomic E-state index is 5.98. The number of ether oxygens (including phenoxy) is 3. The molecule has 0 aromatic heterocycles. The van der Waals surface area contributed by atoms with E-state index >= 15 is 0 Å². The molecule has 1 aliphatic rings. The molecule has 0 saturated carbocycles. The number of nitrogens with two attached hydrogens (primary N) is 1. The van der Waals surface area contributed by atoms with Crippen molar-refractivity contribution >= 4 is 15.9 Å². The van der Waals surface area contributed by atoms with Crippen molar-refractivity contribution in [3.05, 3.63) is 52.5 Å². The molecule has 0 bridgehead atoms. The number of hydrogen-bond donors (Lipinski definition) is 1. The van der Waals surface area contributed by atoms with Gasteiger partial charge in [-0.3, -0.25) is 0 Å². The molecule has 1 fully saturated rings. The van der Waals surface area contributed by atoms with E-state index in [1.165, 1.54) is 0 Å². The summed E-state index contributed by atoms with van der Waals surface area (Å²) in [6, 6.07) is 13.5. The lowest BCUT2D eigenvalue weighted by molar-refractivity contribution is -0.106. The zero-order valence-electron chi connectivity index (χ0n) is 12.8. The SMILES string of the molecule is NCc1ccc(Oc2cc(Br)ccc2OC2CCCCO2)cc1. The zero-order chi connectivity index (χ0) is 16.1. The highest BCUT2D eigenvalue weighted by atomic mass is 79.9. The van der Waals surface area contributed by atoms with Gasteiger partial charge in [-0.1, -0.05) is 28.1 Å². The van der Waals surface area contributed by atoms with Crippen molar-refractivity contribution in [3.63, 3.8) is 0 Å². The van der Waals surface area contributed by atoms with Crippen LogP contribution in [0.3, 0.4) is 0 Å². The van der Waals surface area contributed by atoms with Gasteiger partial charge >= 0.3 is 0 Å². The Balaban J connectivity index is 1.77. The highest BCUT2D eigenvalue weighted by Crippen LogP contribution is 2.35. The van der Waals surface area contributed by atoms with Crippen molar-refractivity contribution in [2.75, 3.05) is 6.61 Å². The first-order valence-corrected chi connectivity index (χ1v) is 8.58. The van der Waals surface area contributed by atoms with Gasteiger partial charge in [0.25, 0.3) is 0 Å². The minimum atomic E-state index is -0.202. The van der Waals surface area contributed by atoms with Crippen molar-refractivity contribution in [2.24, 2.45) is 5.73 Å². The van der Waals surface area contributed by atoms with Crippen LogP contribution < -0.4 is 15.2 Å². The van der Waals surface area contributed by atoms with Gasteiger partial charge in [0.2, 0.25) is 0 Å². The van der Waals surface area contributed by atoms with Gasteiger partial charge in [-0.05, 0) is 48.7 Å². The predicted octanol–water partition coefficient (Wildman–Crippen LogP) is 4.61. The van der Waals surface area contributed by atoms with E-state index in [4.69, 9.17) is 19.9 Å². The molecule has 2 N–H and O–H groups in total. The molecule has 0 aliphatic carbocycles. The molecule has 5 heteroatoms. The molecule has 0 radical (unpaired) electrons. The lowest BCUT2D eigenvalue weighted by Crippen LogP contribution is -2.25. The summed E-state index contributed by atoms with van der Waals surface area (Å²) in [5.74, 6) is 2.09. The molecule has 4 nitrogen and oxygen atoms in total. The van der Waals surface area contributed by atoms with E-state index in [0.29, 0.717) is 18.0 Å². The molecule has 1 heterocycles. The molecule has 23 heavy (non-hydrogen) atoms. The topological polar surface area (TPSA) is 53.7 Å². The first-order chi connectivity index (χ1) is 11.2. The highest BCUT2D eigenvalue weighted by Gasteiger charge is 2.18. The Hall–Kier alpha value is -1.56. The van der Waals surface area contributed by atoms with Gasteiger partial charge < -0.3 is 19.9 Å². The van der Waals surface area contributed by atoms with Crippen LogP contribution in [0.5, 0.6) is 17.2 Å². The van der Waals surface area contributed by atoms with E-state index in [1.807, 2.05) is 42.5 Å². The molecule has 0 amide bonds. The Morgan fingerprint density at radius 2 is 1.91 bits per heavy atom. The largest absolute Gasteiger partial charge is 0.461 e. The van der Waals surface area contributed by atoms with E-state index in [2.05, 4.69) is 15.9 Å². The summed E-state index contributed by atoms with van der Waals surface area (Å²) in [6.07, 6.45) is 2.92.